The van der Waals surface area contributed by atoms with Crippen molar-refractivity contribution in [1.29, 1.82) is 0 Å². The van der Waals surface area contributed by atoms with Crippen LogP contribution in [-0.4, -0.2) is 33.6 Å². The van der Waals surface area contributed by atoms with Gasteiger partial charge in [0.2, 0.25) is 0 Å². The zero-order chi connectivity index (χ0) is 24.0. The third-order valence-electron chi connectivity index (χ3n) is 5.73. The van der Waals surface area contributed by atoms with Crippen LogP contribution in [0.25, 0.3) is 0 Å². The first-order valence-electron chi connectivity index (χ1n) is 10.7. The molecule has 172 valence electrons. The minimum Gasteiger partial charge on any atom is -0.468 e. The molecule has 0 spiro atoms. The van der Waals surface area contributed by atoms with Gasteiger partial charge in [-0.15, -0.1) is 0 Å². The SMILES string of the molecule is COC(=O)C(Cn1ccnc1[N+](=O)[O-])NC(c1ccccc1)(c1ccccc1)c1ccccc1. The van der Waals surface area contributed by atoms with Gasteiger partial charge in [-0.1, -0.05) is 96.0 Å². The Labute approximate surface area is 197 Å². The van der Waals surface area contributed by atoms with Crippen LogP contribution in [0.3, 0.4) is 0 Å². The van der Waals surface area contributed by atoms with Gasteiger partial charge in [0.15, 0.2) is 0 Å². The molecule has 0 bridgehead atoms. The normalized spacial score (nSPS) is 12.1. The second-order valence-corrected chi connectivity index (χ2v) is 7.70. The average molecular weight is 457 g/mol. The number of aromatic nitrogens is 2. The molecule has 4 rings (SSSR count). The number of benzene rings is 3. The molecule has 8 heteroatoms. The quantitative estimate of drug-likeness (QED) is 0.177. The minimum absolute atomic E-state index is 0.0444. The van der Waals surface area contributed by atoms with E-state index in [2.05, 4.69) is 10.3 Å². The lowest BCUT2D eigenvalue weighted by atomic mass is 9.76. The number of esters is 1. The van der Waals surface area contributed by atoms with Gasteiger partial charge in [0, 0.05) is 0 Å². The van der Waals surface area contributed by atoms with Crippen LogP contribution in [0.5, 0.6) is 0 Å². The molecule has 4 aromatic rings. The summed E-state index contributed by atoms with van der Waals surface area (Å²) in [4.78, 5) is 27.7. The number of carbonyl (C=O) groups is 1. The lowest BCUT2D eigenvalue weighted by Gasteiger charge is -2.39. The van der Waals surface area contributed by atoms with Gasteiger partial charge in [-0.25, -0.2) is 4.57 Å². The zero-order valence-corrected chi connectivity index (χ0v) is 18.6. The van der Waals surface area contributed by atoms with Crippen molar-refractivity contribution in [1.82, 2.24) is 14.9 Å². The van der Waals surface area contributed by atoms with E-state index < -0.39 is 22.5 Å². The number of methoxy groups -OCH3 is 1. The number of rotatable bonds is 9. The number of hydrogen-bond acceptors (Lipinski definition) is 6. The molecule has 0 radical (unpaired) electrons. The second kappa shape index (κ2) is 10.1. The summed E-state index contributed by atoms with van der Waals surface area (Å²) in [5.41, 5.74) is 1.77. The van der Waals surface area contributed by atoms with E-state index in [0.717, 1.165) is 16.7 Å². The maximum atomic E-state index is 13.0. The van der Waals surface area contributed by atoms with Crippen LogP contribution in [0.1, 0.15) is 16.7 Å². The van der Waals surface area contributed by atoms with Crippen molar-refractivity contribution in [2.24, 2.45) is 0 Å². The predicted molar refractivity (Wildman–Crippen MR) is 127 cm³/mol. The molecule has 8 nitrogen and oxygen atoms in total. The molecule has 1 N–H and O–H groups in total. The number of carbonyl (C=O) groups excluding carboxylic acids is 1. The molecule has 0 aliphatic rings. The van der Waals surface area contributed by atoms with Gasteiger partial charge in [-0.3, -0.25) is 10.1 Å². The maximum absolute atomic E-state index is 13.0. The summed E-state index contributed by atoms with van der Waals surface area (Å²) in [6.45, 7) is -0.0444. The van der Waals surface area contributed by atoms with E-state index in [0.29, 0.717) is 0 Å². The molecule has 0 saturated heterocycles. The Morgan fingerprint density at radius 2 is 1.44 bits per heavy atom. The predicted octanol–water partition coefficient (Wildman–Crippen LogP) is 3.91. The number of imidazole rings is 1. The third-order valence-corrected chi connectivity index (χ3v) is 5.73. The Morgan fingerprint density at radius 1 is 0.971 bits per heavy atom. The summed E-state index contributed by atoms with van der Waals surface area (Å²) in [6, 6.07) is 28.4. The van der Waals surface area contributed by atoms with E-state index in [9.17, 15) is 14.9 Å². The summed E-state index contributed by atoms with van der Waals surface area (Å²) in [5, 5.41) is 15.0. The topological polar surface area (TPSA) is 99.3 Å². The number of hydrogen-bond donors (Lipinski definition) is 1. The number of nitrogens with zero attached hydrogens (tertiary/aromatic N) is 3. The van der Waals surface area contributed by atoms with Crippen LogP contribution in [0.15, 0.2) is 103 Å². The van der Waals surface area contributed by atoms with Crippen LogP contribution in [0.2, 0.25) is 0 Å². The monoisotopic (exact) mass is 456 g/mol. The zero-order valence-electron chi connectivity index (χ0n) is 18.6. The molecule has 0 aliphatic heterocycles. The number of nitrogens with one attached hydrogen (secondary N) is 1. The fourth-order valence-corrected chi connectivity index (χ4v) is 4.21. The maximum Gasteiger partial charge on any atom is 0.434 e. The summed E-state index contributed by atoms with van der Waals surface area (Å²) in [7, 11) is 1.30. The van der Waals surface area contributed by atoms with Gasteiger partial charge in [0.1, 0.15) is 18.4 Å². The summed E-state index contributed by atoms with van der Waals surface area (Å²) in [5.74, 6) is -0.893. The highest BCUT2D eigenvalue weighted by atomic mass is 16.6. The number of nitro groups is 1. The Kier molecular flexibility index (Phi) is 6.79. The van der Waals surface area contributed by atoms with E-state index in [4.69, 9.17) is 4.74 Å². The molecule has 1 heterocycles. The third kappa shape index (κ3) is 4.44. The smallest absolute Gasteiger partial charge is 0.434 e. The van der Waals surface area contributed by atoms with E-state index in [1.165, 1.54) is 24.1 Å². The van der Waals surface area contributed by atoms with Crippen LogP contribution >= 0.6 is 0 Å². The fourth-order valence-electron chi connectivity index (χ4n) is 4.21. The molecular formula is C26H24N4O4. The van der Waals surface area contributed by atoms with Crippen LogP contribution < -0.4 is 5.32 Å². The molecule has 1 aromatic heterocycles. The first kappa shape index (κ1) is 22.9. The molecule has 0 aliphatic carbocycles. The highest BCUT2D eigenvalue weighted by Crippen LogP contribution is 2.37. The molecule has 1 atom stereocenters. The Morgan fingerprint density at radius 3 is 1.85 bits per heavy atom. The molecule has 34 heavy (non-hydrogen) atoms. The van der Waals surface area contributed by atoms with Gasteiger partial charge >= 0.3 is 11.9 Å². The first-order valence-corrected chi connectivity index (χ1v) is 10.7. The Bertz CT molecular complexity index is 1150. The summed E-state index contributed by atoms with van der Waals surface area (Å²) >= 11 is 0. The lowest BCUT2D eigenvalue weighted by molar-refractivity contribution is -0.396. The van der Waals surface area contributed by atoms with E-state index in [1.807, 2.05) is 91.0 Å². The van der Waals surface area contributed by atoms with Crippen molar-refractivity contribution in [3.63, 3.8) is 0 Å². The Balaban J connectivity index is 1.90. The van der Waals surface area contributed by atoms with Gasteiger partial charge in [0.25, 0.3) is 0 Å². The van der Waals surface area contributed by atoms with Crippen molar-refractivity contribution in [2.45, 2.75) is 18.1 Å². The molecule has 1 unspecified atom stereocenters. The molecule has 0 fully saturated rings. The largest absolute Gasteiger partial charge is 0.468 e. The lowest BCUT2D eigenvalue weighted by Crippen LogP contribution is -2.54. The van der Waals surface area contributed by atoms with Crippen LogP contribution in [0, 0.1) is 10.1 Å². The fraction of sp³-hybridized carbons (Fsp3) is 0.154. The molecule has 0 saturated carbocycles. The number of ether oxygens (including phenoxy) is 1. The van der Waals surface area contributed by atoms with E-state index >= 15 is 0 Å². The van der Waals surface area contributed by atoms with Crippen molar-refractivity contribution in [3.05, 3.63) is 130 Å². The van der Waals surface area contributed by atoms with Crippen LogP contribution in [0.4, 0.5) is 5.95 Å². The van der Waals surface area contributed by atoms with Gasteiger partial charge in [-0.2, -0.15) is 0 Å². The molecule has 0 amide bonds. The molecular weight excluding hydrogens is 432 g/mol. The minimum atomic E-state index is -0.946. The van der Waals surface area contributed by atoms with E-state index in [-0.39, 0.29) is 12.5 Å². The van der Waals surface area contributed by atoms with Crippen molar-refractivity contribution >= 4 is 11.9 Å². The van der Waals surface area contributed by atoms with Gasteiger partial charge in [-0.05, 0) is 21.6 Å². The summed E-state index contributed by atoms with van der Waals surface area (Å²) in [6.07, 6.45) is 2.82. The van der Waals surface area contributed by atoms with Crippen molar-refractivity contribution < 1.29 is 14.5 Å². The first-order chi connectivity index (χ1) is 16.6. The second-order valence-electron chi connectivity index (χ2n) is 7.70. The Hall–Kier alpha value is -4.30. The van der Waals surface area contributed by atoms with Crippen molar-refractivity contribution in [2.75, 3.05) is 7.11 Å². The highest BCUT2D eigenvalue weighted by molar-refractivity contribution is 5.76. The highest BCUT2D eigenvalue weighted by Gasteiger charge is 2.41. The summed E-state index contributed by atoms with van der Waals surface area (Å²) < 4.78 is 6.44. The average Bonchev–Trinajstić information content (AvgIpc) is 3.36. The van der Waals surface area contributed by atoms with Crippen LogP contribution in [-0.2, 0) is 21.6 Å². The molecule has 3 aromatic carbocycles. The van der Waals surface area contributed by atoms with Crippen molar-refractivity contribution in [3.8, 4) is 0 Å². The van der Waals surface area contributed by atoms with Gasteiger partial charge < -0.3 is 14.9 Å². The standard InChI is InChI=1S/C26H24N4O4/c1-34-24(31)23(19-29-18-17-27-25(29)30(32)33)28-26(20-11-5-2-6-12-20,21-13-7-3-8-14-21)22-15-9-4-10-16-22/h2-18,23,28H,19H2,1H3. The van der Waals surface area contributed by atoms with E-state index in [1.54, 1.807) is 0 Å². The van der Waals surface area contributed by atoms with Gasteiger partial charge in [0.05, 0.1) is 19.2 Å².